The van der Waals surface area contributed by atoms with Gasteiger partial charge in [-0.15, -0.1) is 0 Å². The van der Waals surface area contributed by atoms with Crippen molar-refractivity contribution in [1.82, 2.24) is 24.1 Å². The Hall–Kier alpha value is -7.89. The van der Waals surface area contributed by atoms with Gasteiger partial charge in [-0.1, -0.05) is 173 Å². The predicted molar refractivity (Wildman–Crippen MR) is 275 cm³/mol. The maximum Gasteiger partial charge on any atom is 0.238 e. The molecule has 3 aromatic heterocycles. The summed E-state index contributed by atoms with van der Waals surface area (Å²) in [5, 5.41) is 9.31. The first kappa shape index (κ1) is 38.6. The van der Waals surface area contributed by atoms with Gasteiger partial charge in [0.05, 0.1) is 22.1 Å². The fraction of sp³-hybridized carbons (Fsp3) is 0.131. The second-order valence-corrected chi connectivity index (χ2v) is 19.5. The van der Waals surface area contributed by atoms with Gasteiger partial charge in [-0.3, -0.25) is 4.57 Å². The molecule has 5 nitrogen and oxygen atoms in total. The molecular formula is C61H47N5. The average molecular weight is 850 g/mol. The Kier molecular flexibility index (Phi) is 8.36. The van der Waals surface area contributed by atoms with Crippen molar-refractivity contribution < 1.29 is 0 Å². The molecule has 0 fully saturated rings. The number of rotatable bonds is 5. The Morgan fingerprint density at radius 2 is 0.955 bits per heavy atom. The third kappa shape index (κ3) is 5.82. The minimum Gasteiger partial charge on any atom is -0.307 e. The van der Waals surface area contributed by atoms with Gasteiger partial charge in [0.1, 0.15) is 0 Å². The van der Waals surface area contributed by atoms with E-state index in [1.165, 1.54) is 49.2 Å². The van der Waals surface area contributed by atoms with E-state index in [2.05, 4.69) is 225 Å². The monoisotopic (exact) mass is 849 g/mol. The molecule has 5 heteroatoms. The van der Waals surface area contributed by atoms with Crippen LogP contribution in [-0.4, -0.2) is 24.1 Å². The number of aromatic nitrogens is 5. The highest BCUT2D eigenvalue weighted by Crippen LogP contribution is 2.50. The molecule has 0 saturated heterocycles. The van der Waals surface area contributed by atoms with Gasteiger partial charge in [-0.05, 0) is 110 Å². The van der Waals surface area contributed by atoms with Gasteiger partial charge in [0.25, 0.3) is 0 Å². The molecule has 66 heavy (non-hydrogen) atoms. The first-order valence-electron chi connectivity index (χ1n) is 23.2. The summed E-state index contributed by atoms with van der Waals surface area (Å²) in [5.74, 6) is 1.84. The van der Waals surface area contributed by atoms with E-state index in [9.17, 15) is 0 Å². The first-order chi connectivity index (χ1) is 32.2. The van der Waals surface area contributed by atoms with Crippen LogP contribution in [0.3, 0.4) is 0 Å². The molecule has 0 amide bonds. The van der Waals surface area contributed by atoms with E-state index in [4.69, 9.17) is 15.0 Å². The lowest BCUT2D eigenvalue weighted by Crippen LogP contribution is -2.33. The van der Waals surface area contributed by atoms with E-state index in [-0.39, 0.29) is 10.8 Å². The van der Waals surface area contributed by atoms with Gasteiger partial charge in [0.15, 0.2) is 11.6 Å². The maximum atomic E-state index is 5.66. The molecule has 12 aromatic rings. The van der Waals surface area contributed by atoms with Gasteiger partial charge in [-0.25, -0.2) is 4.98 Å². The molecular weight excluding hydrogens is 803 g/mol. The zero-order valence-corrected chi connectivity index (χ0v) is 37.5. The standard InChI is InChI=1S/C61H47N5/c1-60(2)33-34-61(3,4)52-37-54-50(36-51(52)60)48-31-30-47-46-25-15-16-26-53(46)65(42-21-9-6-10-22-42)55(47)56(48)66(54)59-63-57(41-28-27-38-17-11-12-20-40(38)35-41)62-58(64-59)49-32-29-43(39-18-7-5-8-19-39)44-23-13-14-24-45(44)49/h5-32,35-37H,33-34H2,1-4H3. The number of para-hydroxylation sites is 2. The van der Waals surface area contributed by atoms with Crippen molar-refractivity contribution >= 4 is 65.2 Å². The van der Waals surface area contributed by atoms with Crippen LogP contribution in [0.1, 0.15) is 51.7 Å². The molecule has 0 radical (unpaired) electrons. The van der Waals surface area contributed by atoms with Crippen LogP contribution >= 0.6 is 0 Å². The summed E-state index contributed by atoms with van der Waals surface area (Å²) in [5.41, 5.74) is 12.6. The zero-order chi connectivity index (χ0) is 44.3. The third-order valence-corrected chi connectivity index (χ3v) is 14.6. The summed E-state index contributed by atoms with van der Waals surface area (Å²) in [4.78, 5) is 16.7. The highest BCUT2D eigenvalue weighted by atomic mass is 15.2. The van der Waals surface area contributed by atoms with Crippen LogP contribution < -0.4 is 0 Å². The number of fused-ring (bicyclic) bond motifs is 10. The molecule has 0 bridgehead atoms. The molecule has 0 unspecified atom stereocenters. The van der Waals surface area contributed by atoms with Crippen molar-refractivity contribution in [2.45, 2.75) is 51.4 Å². The van der Waals surface area contributed by atoms with Crippen LogP contribution in [0, 0.1) is 0 Å². The van der Waals surface area contributed by atoms with E-state index in [1.54, 1.807) is 0 Å². The molecule has 0 N–H and O–H groups in total. The lowest BCUT2D eigenvalue weighted by Gasteiger charge is -2.42. The summed E-state index contributed by atoms with van der Waals surface area (Å²) < 4.78 is 4.82. The van der Waals surface area contributed by atoms with Crippen molar-refractivity contribution in [2.75, 3.05) is 0 Å². The van der Waals surface area contributed by atoms with Crippen molar-refractivity contribution in [3.8, 4) is 45.5 Å². The quantitative estimate of drug-likeness (QED) is 0.173. The van der Waals surface area contributed by atoms with Gasteiger partial charge in [0, 0.05) is 38.4 Å². The van der Waals surface area contributed by atoms with Gasteiger partial charge < -0.3 is 4.57 Å². The Balaban J connectivity index is 1.20. The molecule has 0 spiro atoms. The van der Waals surface area contributed by atoms with Gasteiger partial charge in [0.2, 0.25) is 5.95 Å². The van der Waals surface area contributed by atoms with E-state index in [1.807, 2.05) is 0 Å². The van der Waals surface area contributed by atoms with Crippen LogP contribution in [0.15, 0.2) is 188 Å². The molecule has 0 saturated carbocycles. The molecule has 9 aromatic carbocycles. The SMILES string of the molecule is CC1(C)CCC(C)(C)c2cc3c(cc21)c1ccc2c4ccccc4n(-c4ccccc4)c2c1n3-c1nc(-c2ccc3ccccc3c2)nc(-c2ccc(-c3ccccc3)c3ccccc23)n1. The number of hydrogen-bond acceptors (Lipinski definition) is 3. The van der Waals surface area contributed by atoms with E-state index >= 15 is 0 Å². The zero-order valence-electron chi connectivity index (χ0n) is 37.5. The van der Waals surface area contributed by atoms with Crippen molar-refractivity contribution in [2.24, 2.45) is 0 Å². The molecule has 13 rings (SSSR count). The second kappa shape index (κ2) is 14.3. The number of nitrogens with zero attached hydrogens (tertiary/aromatic N) is 5. The van der Waals surface area contributed by atoms with Crippen LogP contribution in [-0.2, 0) is 10.8 Å². The van der Waals surface area contributed by atoms with Crippen LogP contribution in [0.25, 0.3) is 111 Å². The summed E-state index contributed by atoms with van der Waals surface area (Å²) in [6, 6.07) is 68.0. The topological polar surface area (TPSA) is 48.5 Å². The smallest absolute Gasteiger partial charge is 0.238 e. The molecule has 1 aliphatic carbocycles. The predicted octanol–water partition coefficient (Wildman–Crippen LogP) is 15.7. The average Bonchev–Trinajstić information content (AvgIpc) is 3.88. The van der Waals surface area contributed by atoms with Crippen LogP contribution in [0.2, 0.25) is 0 Å². The lowest BCUT2D eigenvalue weighted by molar-refractivity contribution is 0.332. The lowest BCUT2D eigenvalue weighted by atomic mass is 9.63. The number of benzene rings is 9. The van der Waals surface area contributed by atoms with Crippen LogP contribution in [0.5, 0.6) is 0 Å². The minimum absolute atomic E-state index is 0.0193. The molecule has 316 valence electrons. The summed E-state index contributed by atoms with van der Waals surface area (Å²) in [6.07, 6.45) is 2.24. The molecule has 3 heterocycles. The van der Waals surface area contributed by atoms with Crippen LogP contribution in [0.4, 0.5) is 0 Å². The Bertz CT molecular complexity index is 3930. The normalized spacial score (nSPS) is 14.5. The van der Waals surface area contributed by atoms with Crippen molar-refractivity contribution in [3.05, 3.63) is 199 Å². The van der Waals surface area contributed by atoms with Crippen molar-refractivity contribution in [1.29, 1.82) is 0 Å². The fourth-order valence-electron chi connectivity index (χ4n) is 11.1. The molecule has 0 aliphatic heterocycles. The minimum atomic E-state index is -0.0193. The highest BCUT2D eigenvalue weighted by molar-refractivity contribution is 6.24. The fourth-order valence-corrected chi connectivity index (χ4v) is 11.1. The summed E-state index contributed by atoms with van der Waals surface area (Å²) >= 11 is 0. The Morgan fingerprint density at radius 1 is 0.379 bits per heavy atom. The van der Waals surface area contributed by atoms with Gasteiger partial charge >= 0.3 is 0 Å². The van der Waals surface area contributed by atoms with Gasteiger partial charge in [-0.2, -0.15) is 9.97 Å². The van der Waals surface area contributed by atoms with Crippen molar-refractivity contribution in [3.63, 3.8) is 0 Å². The van der Waals surface area contributed by atoms with E-state index in [0.29, 0.717) is 17.6 Å². The largest absolute Gasteiger partial charge is 0.307 e. The van der Waals surface area contributed by atoms with E-state index in [0.717, 1.165) is 67.9 Å². The summed E-state index contributed by atoms with van der Waals surface area (Å²) in [7, 11) is 0. The second-order valence-electron chi connectivity index (χ2n) is 19.5. The molecule has 0 atom stereocenters. The molecule has 1 aliphatic rings. The number of hydrogen-bond donors (Lipinski definition) is 0. The highest BCUT2D eigenvalue weighted by Gasteiger charge is 2.38. The first-order valence-corrected chi connectivity index (χ1v) is 23.2. The Morgan fingerprint density at radius 3 is 1.71 bits per heavy atom. The van der Waals surface area contributed by atoms with E-state index < -0.39 is 0 Å². The summed E-state index contributed by atoms with van der Waals surface area (Å²) in [6.45, 7) is 9.65. The Labute approximate surface area is 383 Å². The maximum absolute atomic E-state index is 5.66. The third-order valence-electron chi connectivity index (χ3n) is 14.6.